The molecule has 1 aromatic heterocycles. The molecule has 8 nitrogen and oxygen atoms in total. The van der Waals surface area contributed by atoms with E-state index < -0.39 is 23.3 Å². The first-order chi connectivity index (χ1) is 9.65. The zero-order valence-electron chi connectivity index (χ0n) is 12.4. The number of carbonyl (C=O) groups is 2. The second-order valence-electron chi connectivity index (χ2n) is 5.26. The van der Waals surface area contributed by atoms with Crippen molar-refractivity contribution >= 4 is 17.6 Å². The maximum atomic E-state index is 12.5. The van der Waals surface area contributed by atoms with E-state index in [1.807, 2.05) is 0 Å². The summed E-state index contributed by atoms with van der Waals surface area (Å²) in [7, 11) is 0. The lowest BCUT2D eigenvalue weighted by Gasteiger charge is -2.25. The summed E-state index contributed by atoms with van der Waals surface area (Å²) < 4.78 is 1.48. The highest BCUT2D eigenvalue weighted by Gasteiger charge is 2.27. The SMILES string of the molecule is CC(C)N(CC(=O)O)C(=O)c1cc([N+](=O)[O-])cn1C(C)C. The Labute approximate surface area is 122 Å². The molecule has 0 saturated heterocycles. The van der Waals surface area contributed by atoms with Crippen molar-refractivity contribution in [3.05, 3.63) is 28.1 Å². The van der Waals surface area contributed by atoms with Crippen LogP contribution in [0.1, 0.15) is 44.2 Å². The van der Waals surface area contributed by atoms with Crippen LogP contribution in [0.2, 0.25) is 0 Å². The normalized spacial score (nSPS) is 11.0. The van der Waals surface area contributed by atoms with E-state index in [0.29, 0.717) is 0 Å². The second-order valence-corrected chi connectivity index (χ2v) is 5.26. The number of carboxylic acids is 1. The molecule has 1 rings (SSSR count). The minimum Gasteiger partial charge on any atom is -0.480 e. The zero-order chi connectivity index (χ0) is 16.3. The molecule has 116 valence electrons. The van der Waals surface area contributed by atoms with Gasteiger partial charge in [-0.3, -0.25) is 19.7 Å². The Bertz CT molecular complexity index is 562. The molecule has 0 aliphatic heterocycles. The van der Waals surface area contributed by atoms with Crippen LogP contribution in [0.15, 0.2) is 12.3 Å². The van der Waals surface area contributed by atoms with Gasteiger partial charge in [-0.05, 0) is 27.7 Å². The van der Waals surface area contributed by atoms with Gasteiger partial charge in [-0.2, -0.15) is 0 Å². The average Bonchev–Trinajstić information content (AvgIpc) is 2.79. The average molecular weight is 297 g/mol. The van der Waals surface area contributed by atoms with Crippen molar-refractivity contribution in [3.8, 4) is 0 Å². The number of hydrogen-bond donors (Lipinski definition) is 1. The molecule has 0 saturated carbocycles. The highest BCUT2D eigenvalue weighted by Crippen LogP contribution is 2.22. The topological polar surface area (TPSA) is 106 Å². The largest absolute Gasteiger partial charge is 0.480 e. The van der Waals surface area contributed by atoms with Crippen molar-refractivity contribution in [2.75, 3.05) is 6.54 Å². The van der Waals surface area contributed by atoms with Crippen LogP contribution in [0.25, 0.3) is 0 Å². The van der Waals surface area contributed by atoms with E-state index in [1.165, 1.54) is 21.7 Å². The monoisotopic (exact) mass is 297 g/mol. The molecule has 0 bridgehead atoms. The van der Waals surface area contributed by atoms with Crippen LogP contribution >= 0.6 is 0 Å². The Morgan fingerprint density at radius 2 is 1.95 bits per heavy atom. The number of carboxylic acid groups (broad SMARTS) is 1. The highest BCUT2D eigenvalue weighted by atomic mass is 16.6. The van der Waals surface area contributed by atoms with Crippen LogP contribution in [-0.4, -0.2) is 44.0 Å². The lowest BCUT2D eigenvalue weighted by atomic mass is 10.2. The van der Waals surface area contributed by atoms with Gasteiger partial charge in [0.25, 0.3) is 11.6 Å². The van der Waals surface area contributed by atoms with Crippen molar-refractivity contribution < 1.29 is 19.6 Å². The van der Waals surface area contributed by atoms with E-state index in [4.69, 9.17) is 5.11 Å². The van der Waals surface area contributed by atoms with Gasteiger partial charge in [0.05, 0.1) is 11.1 Å². The zero-order valence-corrected chi connectivity index (χ0v) is 12.4. The predicted molar refractivity (Wildman–Crippen MR) is 75.3 cm³/mol. The van der Waals surface area contributed by atoms with Crippen molar-refractivity contribution in [2.45, 2.75) is 39.8 Å². The molecular weight excluding hydrogens is 278 g/mol. The number of nitro groups is 1. The first kappa shape index (κ1) is 16.7. The smallest absolute Gasteiger partial charge is 0.323 e. The first-order valence-corrected chi connectivity index (χ1v) is 6.54. The molecule has 1 heterocycles. The molecule has 1 N–H and O–H groups in total. The van der Waals surface area contributed by atoms with Crippen molar-refractivity contribution in [1.29, 1.82) is 0 Å². The van der Waals surface area contributed by atoms with Crippen LogP contribution in [0, 0.1) is 10.1 Å². The van der Waals surface area contributed by atoms with Gasteiger partial charge in [0.2, 0.25) is 0 Å². The molecule has 0 atom stereocenters. The fourth-order valence-corrected chi connectivity index (χ4v) is 1.94. The summed E-state index contributed by atoms with van der Waals surface area (Å²) >= 11 is 0. The van der Waals surface area contributed by atoms with Gasteiger partial charge in [-0.1, -0.05) is 0 Å². The van der Waals surface area contributed by atoms with Crippen LogP contribution in [0.5, 0.6) is 0 Å². The first-order valence-electron chi connectivity index (χ1n) is 6.54. The number of hydrogen-bond acceptors (Lipinski definition) is 4. The molecule has 1 amide bonds. The van der Waals surface area contributed by atoms with Gasteiger partial charge in [0, 0.05) is 18.2 Å². The fraction of sp³-hybridized carbons (Fsp3) is 0.538. The standard InChI is InChI=1S/C13H19N3O5/c1-8(2)14-6-10(16(20)21)5-11(14)13(19)15(9(3)4)7-12(17)18/h5-6,8-9H,7H2,1-4H3,(H,17,18). The summed E-state index contributed by atoms with van der Waals surface area (Å²) in [4.78, 5) is 34.8. The van der Waals surface area contributed by atoms with Crippen molar-refractivity contribution in [2.24, 2.45) is 0 Å². The quantitative estimate of drug-likeness (QED) is 0.637. The summed E-state index contributed by atoms with van der Waals surface area (Å²) in [6.45, 7) is 6.51. The Morgan fingerprint density at radius 3 is 2.33 bits per heavy atom. The number of rotatable bonds is 6. The summed E-state index contributed by atoms with van der Waals surface area (Å²) in [5.41, 5.74) is -0.0715. The third-order valence-corrected chi connectivity index (χ3v) is 3.01. The van der Waals surface area contributed by atoms with Crippen LogP contribution in [0.4, 0.5) is 5.69 Å². The number of nitrogens with zero attached hydrogens (tertiary/aromatic N) is 3. The van der Waals surface area contributed by atoms with Gasteiger partial charge < -0.3 is 14.6 Å². The molecule has 21 heavy (non-hydrogen) atoms. The summed E-state index contributed by atoms with van der Waals surface area (Å²) in [6, 6.07) is 0.694. The van der Waals surface area contributed by atoms with Gasteiger partial charge in [0.1, 0.15) is 12.2 Å². The predicted octanol–water partition coefficient (Wildman–Crippen LogP) is 1.91. The molecule has 0 aliphatic rings. The molecule has 0 fully saturated rings. The lowest BCUT2D eigenvalue weighted by Crippen LogP contribution is -2.41. The molecule has 0 radical (unpaired) electrons. The van der Waals surface area contributed by atoms with E-state index in [9.17, 15) is 19.7 Å². The minimum atomic E-state index is -1.13. The number of aromatic nitrogens is 1. The van der Waals surface area contributed by atoms with E-state index in [1.54, 1.807) is 27.7 Å². The third kappa shape index (κ3) is 3.80. The Morgan fingerprint density at radius 1 is 1.38 bits per heavy atom. The second kappa shape index (κ2) is 6.38. The maximum absolute atomic E-state index is 12.5. The Hall–Kier alpha value is -2.38. The molecular formula is C13H19N3O5. The summed E-state index contributed by atoms with van der Waals surface area (Å²) in [5.74, 6) is -1.66. The molecule has 0 spiro atoms. The van der Waals surface area contributed by atoms with Crippen molar-refractivity contribution in [3.63, 3.8) is 0 Å². The number of carbonyl (C=O) groups excluding carboxylic acids is 1. The third-order valence-electron chi connectivity index (χ3n) is 3.01. The van der Waals surface area contributed by atoms with Crippen LogP contribution in [-0.2, 0) is 4.79 Å². The molecule has 0 aliphatic carbocycles. The molecule has 1 aromatic rings. The number of amides is 1. The summed E-state index contributed by atoms with van der Waals surface area (Å²) in [6.07, 6.45) is 1.29. The van der Waals surface area contributed by atoms with Gasteiger partial charge >= 0.3 is 5.97 Å². The molecule has 8 heteroatoms. The van der Waals surface area contributed by atoms with E-state index in [0.717, 1.165) is 0 Å². The minimum absolute atomic E-state index is 0.117. The van der Waals surface area contributed by atoms with E-state index >= 15 is 0 Å². The molecule has 0 unspecified atom stereocenters. The fourth-order valence-electron chi connectivity index (χ4n) is 1.94. The highest BCUT2D eigenvalue weighted by molar-refractivity contribution is 5.95. The summed E-state index contributed by atoms with van der Waals surface area (Å²) in [5, 5.41) is 19.8. The molecule has 0 aromatic carbocycles. The van der Waals surface area contributed by atoms with Gasteiger partial charge in [0.15, 0.2) is 0 Å². The Kier molecular flexibility index (Phi) is 5.07. The lowest BCUT2D eigenvalue weighted by molar-refractivity contribution is -0.384. The van der Waals surface area contributed by atoms with Crippen LogP contribution < -0.4 is 0 Å². The van der Waals surface area contributed by atoms with Crippen molar-refractivity contribution in [1.82, 2.24) is 9.47 Å². The Balaban J connectivity index is 3.26. The number of aliphatic carboxylic acids is 1. The van der Waals surface area contributed by atoms with Gasteiger partial charge in [-0.25, -0.2) is 0 Å². The van der Waals surface area contributed by atoms with Crippen LogP contribution in [0.3, 0.4) is 0 Å². The van der Waals surface area contributed by atoms with E-state index in [2.05, 4.69) is 0 Å². The van der Waals surface area contributed by atoms with E-state index in [-0.39, 0.29) is 23.5 Å². The van der Waals surface area contributed by atoms with Gasteiger partial charge in [-0.15, -0.1) is 0 Å². The maximum Gasteiger partial charge on any atom is 0.323 e.